The molecule has 1 aliphatic rings. The summed E-state index contributed by atoms with van der Waals surface area (Å²) < 4.78 is 5.60. The smallest absolute Gasteiger partial charge is 0.262 e. The third kappa shape index (κ3) is 2.11. The van der Waals surface area contributed by atoms with Gasteiger partial charge in [0.05, 0.1) is 5.56 Å². The van der Waals surface area contributed by atoms with Crippen molar-refractivity contribution in [2.45, 2.75) is 33.6 Å². The zero-order valence-corrected chi connectivity index (χ0v) is 12.7. The van der Waals surface area contributed by atoms with Crippen molar-refractivity contribution in [2.24, 2.45) is 0 Å². The van der Waals surface area contributed by atoms with Crippen molar-refractivity contribution in [3.63, 3.8) is 0 Å². The fourth-order valence-corrected chi connectivity index (χ4v) is 3.11. The molecule has 0 saturated heterocycles. The van der Waals surface area contributed by atoms with Crippen LogP contribution in [0.5, 0.6) is 0 Å². The summed E-state index contributed by atoms with van der Waals surface area (Å²) in [5.41, 5.74) is 10.4. The number of furan rings is 1. The monoisotopic (exact) mass is 284 g/mol. The van der Waals surface area contributed by atoms with E-state index in [0.29, 0.717) is 11.3 Å². The van der Waals surface area contributed by atoms with Gasteiger partial charge in [0.2, 0.25) is 0 Å². The second-order valence-electron chi connectivity index (χ2n) is 5.62. The molecule has 1 aromatic carbocycles. The van der Waals surface area contributed by atoms with Gasteiger partial charge in [0, 0.05) is 23.5 Å². The van der Waals surface area contributed by atoms with Crippen LogP contribution in [0, 0.1) is 20.8 Å². The van der Waals surface area contributed by atoms with E-state index in [0.717, 1.165) is 47.6 Å². The van der Waals surface area contributed by atoms with Crippen LogP contribution in [-0.2, 0) is 6.42 Å². The number of nitrogens with two attached hydrogens (primary N) is 1. The Hall–Kier alpha value is -2.23. The number of hydrogen-bond acceptors (Lipinski definition) is 3. The summed E-state index contributed by atoms with van der Waals surface area (Å²) in [5, 5.41) is 0. The minimum absolute atomic E-state index is 0.00778. The topological polar surface area (TPSA) is 59.5 Å². The van der Waals surface area contributed by atoms with Crippen LogP contribution in [0.2, 0.25) is 0 Å². The van der Waals surface area contributed by atoms with E-state index in [9.17, 15) is 4.79 Å². The summed E-state index contributed by atoms with van der Waals surface area (Å²) in [6, 6.07) is 5.77. The number of aryl methyl sites for hydroxylation is 2. The third-order valence-corrected chi connectivity index (χ3v) is 4.31. The van der Waals surface area contributed by atoms with Crippen LogP contribution in [0.25, 0.3) is 0 Å². The summed E-state index contributed by atoms with van der Waals surface area (Å²) in [6.07, 6.45) is 1.86. The van der Waals surface area contributed by atoms with Gasteiger partial charge in [-0.1, -0.05) is 6.07 Å². The number of fused-ring (bicyclic) bond motifs is 1. The molecule has 0 unspecified atom stereocenters. The third-order valence-electron chi connectivity index (χ3n) is 4.31. The van der Waals surface area contributed by atoms with Crippen molar-refractivity contribution >= 4 is 17.3 Å². The van der Waals surface area contributed by atoms with Crippen LogP contribution >= 0.6 is 0 Å². The second kappa shape index (κ2) is 4.95. The number of amides is 1. The molecule has 1 aliphatic heterocycles. The van der Waals surface area contributed by atoms with E-state index >= 15 is 0 Å². The van der Waals surface area contributed by atoms with Gasteiger partial charge >= 0.3 is 0 Å². The number of anilines is 2. The Bertz CT molecular complexity index is 716. The quantitative estimate of drug-likeness (QED) is 0.817. The predicted octanol–water partition coefficient (Wildman–Crippen LogP) is 3.38. The Morgan fingerprint density at radius 1 is 1.24 bits per heavy atom. The van der Waals surface area contributed by atoms with Crippen LogP contribution in [0.1, 0.15) is 39.4 Å². The molecule has 0 spiro atoms. The summed E-state index contributed by atoms with van der Waals surface area (Å²) in [5.74, 6) is 1.50. The highest BCUT2D eigenvalue weighted by atomic mass is 16.3. The molecule has 0 aliphatic carbocycles. The minimum atomic E-state index is 0.00778. The summed E-state index contributed by atoms with van der Waals surface area (Å²) >= 11 is 0. The molecule has 0 radical (unpaired) electrons. The SMILES string of the molecule is Cc1oc(C)c(C(=O)N2CCCc3c(N)cccc32)c1C. The number of rotatable bonds is 1. The second-order valence-corrected chi connectivity index (χ2v) is 5.62. The van der Waals surface area contributed by atoms with E-state index in [1.807, 2.05) is 43.9 Å². The summed E-state index contributed by atoms with van der Waals surface area (Å²) in [4.78, 5) is 14.8. The first-order chi connectivity index (χ1) is 10.0. The van der Waals surface area contributed by atoms with E-state index in [2.05, 4.69) is 0 Å². The normalized spacial score (nSPS) is 14.1. The van der Waals surface area contributed by atoms with Gasteiger partial charge in [0.25, 0.3) is 5.91 Å². The van der Waals surface area contributed by atoms with Gasteiger partial charge < -0.3 is 15.1 Å². The number of nitrogens with zero attached hydrogens (tertiary/aromatic N) is 1. The summed E-state index contributed by atoms with van der Waals surface area (Å²) in [6.45, 7) is 6.39. The van der Waals surface area contributed by atoms with Crippen LogP contribution in [0.4, 0.5) is 11.4 Å². The molecule has 1 aromatic heterocycles. The molecule has 110 valence electrons. The van der Waals surface area contributed by atoms with Gasteiger partial charge in [-0.25, -0.2) is 0 Å². The van der Waals surface area contributed by atoms with Crippen molar-refractivity contribution in [3.8, 4) is 0 Å². The van der Waals surface area contributed by atoms with Gasteiger partial charge in [-0.2, -0.15) is 0 Å². The highest BCUT2D eigenvalue weighted by Crippen LogP contribution is 2.33. The van der Waals surface area contributed by atoms with E-state index in [4.69, 9.17) is 10.2 Å². The molecule has 1 amide bonds. The van der Waals surface area contributed by atoms with Gasteiger partial charge in [-0.3, -0.25) is 4.79 Å². The van der Waals surface area contributed by atoms with Crippen LogP contribution in [0.3, 0.4) is 0 Å². The highest BCUT2D eigenvalue weighted by Gasteiger charge is 2.28. The molecule has 3 rings (SSSR count). The lowest BCUT2D eigenvalue weighted by molar-refractivity contribution is 0.0983. The maximum absolute atomic E-state index is 13.0. The molecule has 2 heterocycles. The van der Waals surface area contributed by atoms with Gasteiger partial charge in [-0.05, 0) is 51.3 Å². The lowest BCUT2D eigenvalue weighted by Gasteiger charge is -2.30. The first-order valence-electron chi connectivity index (χ1n) is 7.26. The number of carbonyl (C=O) groups excluding carboxylic acids is 1. The molecule has 2 N–H and O–H groups in total. The number of carbonyl (C=O) groups is 1. The van der Waals surface area contributed by atoms with E-state index in [1.165, 1.54) is 0 Å². The number of nitrogen functional groups attached to an aromatic ring is 1. The molecule has 2 aromatic rings. The molecule has 4 heteroatoms. The molecular weight excluding hydrogens is 264 g/mol. The summed E-state index contributed by atoms with van der Waals surface area (Å²) in [7, 11) is 0. The van der Waals surface area contributed by atoms with E-state index < -0.39 is 0 Å². The Morgan fingerprint density at radius 2 is 2.00 bits per heavy atom. The van der Waals surface area contributed by atoms with Crippen molar-refractivity contribution in [2.75, 3.05) is 17.2 Å². The van der Waals surface area contributed by atoms with E-state index in [1.54, 1.807) is 0 Å². The Kier molecular flexibility index (Phi) is 3.24. The predicted molar refractivity (Wildman–Crippen MR) is 83.8 cm³/mol. The first-order valence-corrected chi connectivity index (χ1v) is 7.26. The maximum atomic E-state index is 13.0. The van der Waals surface area contributed by atoms with Gasteiger partial charge in [0.15, 0.2) is 0 Å². The lowest BCUT2D eigenvalue weighted by Crippen LogP contribution is -2.36. The van der Waals surface area contributed by atoms with Crippen molar-refractivity contribution in [1.82, 2.24) is 0 Å². The molecule has 4 nitrogen and oxygen atoms in total. The Morgan fingerprint density at radius 3 is 2.67 bits per heavy atom. The number of benzene rings is 1. The van der Waals surface area contributed by atoms with E-state index in [-0.39, 0.29) is 5.91 Å². The fourth-order valence-electron chi connectivity index (χ4n) is 3.11. The maximum Gasteiger partial charge on any atom is 0.262 e. The average molecular weight is 284 g/mol. The zero-order chi connectivity index (χ0) is 15.1. The Balaban J connectivity index is 2.07. The standard InChI is InChI=1S/C17H20N2O2/c1-10-11(2)21-12(3)16(10)17(20)19-9-5-6-13-14(18)7-4-8-15(13)19/h4,7-8H,5-6,9,18H2,1-3H3. The van der Waals surface area contributed by atoms with Crippen molar-refractivity contribution < 1.29 is 9.21 Å². The van der Waals surface area contributed by atoms with Crippen LogP contribution in [-0.4, -0.2) is 12.5 Å². The largest absolute Gasteiger partial charge is 0.466 e. The molecule has 0 bridgehead atoms. The van der Waals surface area contributed by atoms with Gasteiger partial charge in [0.1, 0.15) is 11.5 Å². The average Bonchev–Trinajstić information content (AvgIpc) is 2.71. The fraction of sp³-hybridized carbons (Fsp3) is 0.353. The number of hydrogen-bond donors (Lipinski definition) is 1. The van der Waals surface area contributed by atoms with Crippen LogP contribution < -0.4 is 10.6 Å². The highest BCUT2D eigenvalue weighted by molar-refractivity contribution is 6.08. The zero-order valence-electron chi connectivity index (χ0n) is 12.7. The molecular formula is C17H20N2O2. The van der Waals surface area contributed by atoms with Crippen molar-refractivity contribution in [3.05, 3.63) is 46.4 Å². The Labute approximate surface area is 124 Å². The molecule has 0 atom stereocenters. The minimum Gasteiger partial charge on any atom is -0.466 e. The molecule has 0 fully saturated rings. The molecule has 21 heavy (non-hydrogen) atoms. The lowest BCUT2D eigenvalue weighted by atomic mass is 9.98. The van der Waals surface area contributed by atoms with Gasteiger partial charge in [-0.15, -0.1) is 0 Å². The first kappa shape index (κ1) is 13.7. The van der Waals surface area contributed by atoms with Crippen LogP contribution in [0.15, 0.2) is 22.6 Å². The molecule has 0 saturated carbocycles. The van der Waals surface area contributed by atoms with Crippen molar-refractivity contribution in [1.29, 1.82) is 0 Å².